The van der Waals surface area contributed by atoms with E-state index in [0.29, 0.717) is 25.9 Å². The molecule has 1 aliphatic heterocycles. The predicted molar refractivity (Wildman–Crippen MR) is 90.6 cm³/mol. The first-order chi connectivity index (χ1) is 11.9. The lowest BCUT2D eigenvalue weighted by Crippen LogP contribution is -2.43. The highest BCUT2D eigenvalue weighted by atomic mass is 19.1. The van der Waals surface area contributed by atoms with Gasteiger partial charge in [0.25, 0.3) is 0 Å². The topological polar surface area (TPSA) is 86.7 Å². The number of halogens is 1. The maximum atomic E-state index is 13.9. The largest absolute Gasteiger partial charge is 0.481 e. The summed E-state index contributed by atoms with van der Waals surface area (Å²) in [5.74, 6) is -2.29. The van der Waals surface area contributed by atoms with E-state index in [1.807, 2.05) is 6.92 Å². The van der Waals surface area contributed by atoms with E-state index in [1.165, 1.54) is 12.1 Å². The van der Waals surface area contributed by atoms with Gasteiger partial charge in [-0.1, -0.05) is 13.0 Å². The molecule has 25 heavy (non-hydrogen) atoms. The fraction of sp³-hybridized carbons (Fsp3) is 0.500. The second-order valence-corrected chi connectivity index (χ2v) is 6.29. The van der Waals surface area contributed by atoms with Crippen molar-refractivity contribution in [2.24, 2.45) is 5.92 Å². The smallest absolute Gasteiger partial charge is 0.307 e. The summed E-state index contributed by atoms with van der Waals surface area (Å²) in [5, 5.41) is 11.4. The summed E-state index contributed by atoms with van der Waals surface area (Å²) in [4.78, 5) is 36.8. The Bertz CT molecular complexity index is 662. The Labute approximate surface area is 146 Å². The normalized spacial score (nSPS) is 17.2. The lowest BCUT2D eigenvalue weighted by atomic mass is 9.96. The minimum Gasteiger partial charge on any atom is -0.481 e. The molecule has 7 heteroatoms. The summed E-state index contributed by atoms with van der Waals surface area (Å²) < 4.78 is 13.9. The second kappa shape index (κ2) is 8.60. The Hall–Kier alpha value is -2.44. The number of hydrogen-bond acceptors (Lipinski definition) is 3. The van der Waals surface area contributed by atoms with Gasteiger partial charge in [-0.05, 0) is 37.0 Å². The van der Waals surface area contributed by atoms with Crippen LogP contribution in [0.1, 0.15) is 38.2 Å². The van der Waals surface area contributed by atoms with Crippen LogP contribution in [-0.2, 0) is 20.8 Å². The lowest BCUT2D eigenvalue weighted by Gasteiger charge is -2.32. The molecule has 2 amide bonds. The van der Waals surface area contributed by atoms with Gasteiger partial charge < -0.3 is 15.3 Å². The van der Waals surface area contributed by atoms with E-state index >= 15 is 0 Å². The highest BCUT2D eigenvalue weighted by molar-refractivity contribution is 5.93. The van der Waals surface area contributed by atoms with Crippen molar-refractivity contribution in [1.82, 2.24) is 4.90 Å². The van der Waals surface area contributed by atoms with Crippen LogP contribution < -0.4 is 5.32 Å². The number of likely N-dealkylation sites (tertiary alicyclic amines) is 1. The third-order valence-corrected chi connectivity index (χ3v) is 4.27. The summed E-state index contributed by atoms with van der Waals surface area (Å²) in [7, 11) is 0. The van der Waals surface area contributed by atoms with Gasteiger partial charge in [0.15, 0.2) is 0 Å². The van der Waals surface area contributed by atoms with Gasteiger partial charge in [0, 0.05) is 25.2 Å². The van der Waals surface area contributed by atoms with Crippen LogP contribution in [0.25, 0.3) is 0 Å². The van der Waals surface area contributed by atoms with Crippen LogP contribution in [0, 0.1) is 11.7 Å². The zero-order chi connectivity index (χ0) is 18.4. The Morgan fingerprint density at radius 1 is 1.36 bits per heavy atom. The molecule has 1 aromatic rings. The number of amides is 2. The maximum absolute atomic E-state index is 13.9. The first kappa shape index (κ1) is 18.9. The Morgan fingerprint density at radius 2 is 2.12 bits per heavy atom. The van der Waals surface area contributed by atoms with Crippen LogP contribution in [0.5, 0.6) is 0 Å². The summed E-state index contributed by atoms with van der Waals surface area (Å²) in [5.41, 5.74) is 0.355. The molecule has 0 spiro atoms. The average molecular weight is 350 g/mol. The Balaban J connectivity index is 1.98. The number of carbonyl (C=O) groups excluding carboxylic acids is 2. The number of piperidine rings is 1. The number of benzene rings is 1. The van der Waals surface area contributed by atoms with Crippen LogP contribution in [-0.4, -0.2) is 40.9 Å². The van der Waals surface area contributed by atoms with Crippen LogP contribution >= 0.6 is 0 Å². The SMILES string of the molecule is CCCC(=O)N1CCCC(C(=O)Nc2ccc(CC(=O)O)c(F)c2)C1. The van der Waals surface area contributed by atoms with Gasteiger partial charge >= 0.3 is 5.97 Å². The average Bonchev–Trinajstić information content (AvgIpc) is 2.57. The lowest BCUT2D eigenvalue weighted by molar-refractivity contribution is -0.136. The van der Waals surface area contributed by atoms with Crippen molar-refractivity contribution >= 4 is 23.5 Å². The molecular weight excluding hydrogens is 327 g/mol. The molecule has 1 saturated heterocycles. The van der Waals surface area contributed by atoms with Crippen molar-refractivity contribution in [3.05, 3.63) is 29.6 Å². The number of rotatable bonds is 6. The number of nitrogens with zero attached hydrogens (tertiary/aromatic N) is 1. The van der Waals surface area contributed by atoms with Crippen LogP contribution in [0.2, 0.25) is 0 Å². The molecule has 0 saturated carbocycles. The number of carboxylic acid groups (broad SMARTS) is 1. The van der Waals surface area contributed by atoms with E-state index in [9.17, 15) is 18.8 Å². The molecule has 1 unspecified atom stereocenters. The van der Waals surface area contributed by atoms with Gasteiger partial charge in [-0.15, -0.1) is 0 Å². The molecule has 6 nitrogen and oxygen atoms in total. The van der Waals surface area contributed by atoms with Gasteiger partial charge in [-0.2, -0.15) is 0 Å². The number of anilines is 1. The van der Waals surface area contributed by atoms with Crippen molar-refractivity contribution in [3.8, 4) is 0 Å². The van der Waals surface area contributed by atoms with Gasteiger partial charge in [-0.3, -0.25) is 14.4 Å². The maximum Gasteiger partial charge on any atom is 0.307 e. The number of nitrogens with one attached hydrogen (secondary N) is 1. The Kier molecular flexibility index (Phi) is 6.50. The molecule has 1 aromatic carbocycles. The third kappa shape index (κ3) is 5.27. The molecule has 1 heterocycles. The van der Waals surface area contributed by atoms with Crippen molar-refractivity contribution in [2.45, 2.75) is 39.0 Å². The molecule has 136 valence electrons. The third-order valence-electron chi connectivity index (χ3n) is 4.27. The van der Waals surface area contributed by atoms with Crippen molar-refractivity contribution < 1.29 is 23.9 Å². The van der Waals surface area contributed by atoms with Gasteiger partial charge in [-0.25, -0.2) is 4.39 Å². The van der Waals surface area contributed by atoms with E-state index < -0.39 is 18.2 Å². The van der Waals surface area contributed by atoms with Gasteiger partial charge in [0.05, 0.1) is 12.3 Å². The zero-order valence-corrected chi connectivity index (χ0v) is 14.3. The second-order valence-electron chi connectivity index (χ2n) is 6.29. The first-order valence-corrected chi connectivity index (χ1v) is 8.49. The summed E-state index contributed by atoms with van der Waals surface area (Å²) >= 11 is 0. The van der Waals surface area contributed by atoms with Crippen molar-refractivity contribution in [1.29, 1.82) is 0 Å². The summed E-state index contributed by atoms with van der Waals surface area (Å²) in [6, 6.07) is 3.97. The highest BCUT2D eigenvalue weighted by Crippen LogP contribution is 2.21. The van der Waals surface area contributed by atoms with Crippen LogP contribution in [0.15, 0.2) is 18.2 Å². The van der Waals surface area contributed by atoms with Crippen molar-refractivity contribution in [2.75, 3.05) is 18.4 Å². The van der Waals surface area contributed by atoms with E-state index in [1.54, 1.807) is 4.90 Å². The molecule has 0 aromatic heterocycles. The number of hydrogen-bond donors (Lipinski definition) is 2. The van der Waals surface area contributed by atoms with Crippen LogP contribution in [0.3, 0.4) is 0 Å². The van der Waals surface area contributed by atoms with E-state index in [2.05, 4.69) is 5.32 Å². The van der Waals surface area contributed by atoms with Crippen molar-refractivity contribution in [3.63, 3.8) is 0 Å². The number of carboxylic acids is 1. The molecule has 2 N–H and O–H groups in total. The molecule has 0 bridgehead atoms. The fourth-order valence-electron chi connectivity index (χ4n) is 2.97. The summed E-state index contributed by atoms with van der Waals surface area (Å²) in [6.07, 6.45) is 2.29. The minimum atomic E-state index is -1.12. The van der Waals surface area contributed by atoms with E-state index in [-0.39, 0.29) is 29.0 Å². The summed E-state index contributed by atoms with van der Waals surface area (Å²) in [6.45, 7) is 2.99. The molecular formula is C18H23FN2O4. The van der Waals surface area contributed by atoms with Crippen LogP contribution in [0.4, 0.5) is 10.1 Å². The minimum absolute atomic E-state index is 0.0593. The molecule has 1 aliphatic rings. The fourth-order valence-corrected chi connectivity index (χ4v) is 2.97. The number of carbonyl (C=O) groups is 3. The van der Waals surface area contributed by atoms with Gasteiger partial charge in [0.1, 0.15) is 5.82 Å². The molecule has 0 aliphatic carbocycles. The monoisotopic (exact) mass is 350 g/mol. The quantitative estimate of drug-likeness (QED) is 0.825. The molecule has 2 rings (SSSR count). The van der Waals surface area contributed by atoms with Gasteiger partial charge in [0.2, 0.25) is 11.8 Å². The Morgan fingerprint density at radius 3 is 2.76 bits per heavy atom. The molecule has 1 fully saturated rings. The first-order valence-electron chi connectivity index (χ1n) is 8.49. The zero-order valence-electron chi connectivity index (χ0n) is 14.3. The van der Waals surface area contributed by atoms with E-state index in [4.69, 9.17) is 5.11 Å². The highest BCUT2D eigenvalue weighted by Gasteiger charge is 2.28. The number of aliphatic carboxylic acids is 1. The standard InChI is InChI=1S/C18H23FN2O4/c1-2-4-16(22)21-8-3-5-13(11-21)18(25)20-14-7-6-12(9-17(23)24)15(19)10-14/h6-7,10,13H,2-5,8-9,11H2,1H3,(H,20,25)(H,23,24). The molecule has 0 radical (unpaired) electrons. The molecule has 1 atom stereocenters. The predicted octanol–water partition coefficient (Wildman–Crippen LogP) is 2.43. The van der Waals surface area contributed by atoms with E-state index in [0.717, 1.165) is 18.9 Å².